The third-order valence-electron chi connectivity index (χ3n) is 3.90. The number of anilines is 2. The molecule has 0 bridgehead atoms. The molecule has 18 heavy (non-hydrogen) atoms. The topological polar surface area (TPSA) is 67.1 Å². The van der Waals surface area contributed by atoms with Gasteiger partial charge in [0.1, 0.15) is 5.82 Å². The van der Waals surface area contributed by atoms with Crippen molar-refractivity contribution in [1.29, 1.82) is 0 Å². The van der Waals surface area contributed by atoms with E-state index in [9.17, 15) is 0 Å². The molecule has 3 rings (SSSR count). The summed E-state index contributed by atoms with van der Waals surface area (Å²) in [5, 5.41) is 3.32. The molecule has 0 spiro atoms. The number of aromatic nitrogens is 2. The largest absolute Gasteiger partial charge is 0.368 e. The predicted octanol–water partition coefficient (Wildman–Crippen LogP) is 0.809. The molecule has 2 fully saturated rings. The summed E-state index contributed by atoms with van der Waals surface area (Å²) in [5.74, 6) is 2.24. The van der Waals surface area contributed by atoms with Crippen molar-refractivity contribution in [3.63, 3.8) is 0 Å². The molecule has 0 unspecified atom stereocenters. The van der Waals surface area contributed by atoms with E-state index in [-0.39, 0.29) is 0 Å². The molecule has 3 N–H and O–H groups in total. The van der Waals surface area contributed by atoms with E-state index in [4.69, 9.17) is 5.73 Å². The maximum atomic E-state index is 5.83. The Hall–Kier alpha value is -1.36. The Kier molecular flexibility index (Phi) is 3.07. The zero-order chi connectivity index (χ0) is 12.5. The second-order valence-electron chi connectivity index (χ2n) is 5.44. The minimum atomic E-state index is 0.413. The van der Waals surface area contributed by atoms with Crippen LogP contribution >= 0.6 is 0 Å². The Labute approximate surface area is 108 Å². The first-order valence-electron chi connectivity index (χ1n) is 6.80. The van der Waals surface area contributed by atoms with Crippen molar-refractivity contribution in [3.8, 4) is 0 Å². The zero-order valence-corrected chi connectivity index (χ0v) is 10.9. The number of likely N-dealkylation sites (N-methyl/N-ethyl adjacent to an activating group) is 1. The molecule has 1 aliphatic carbocycles. The lowest BCUT2D eigenvalue weighted by atomic mass is 10.2. The van der Waals surface area contributed by atoms with Gasteiger partial charge in [-0.2, -0.15) is 4.98 Å². The lowest BCUT2D eigenvalue weighted by Crippen LogP contribution is -2.30. The maximum Gasteiger partial charge on any atom is 0.222 e. The molecule has 1 aromatic heterocycles. The monoisotopic (exact) mass is 247 g/mol. The number of rotatable bonds is 4. The molecule has 5 nitrogen and oxygen atoms in total. The number of nitrogens with zero attached hydrogens (tertiary/aromatic N) is 3. The van der Waals surface area contributed by atoms with Crippen molar-refractivity contribution in [2.45, 2.75) is 31.7 Å². The van der Waals surface area contributed by atoms with Gasteiger partial charge in [-0.25, -0.2) is 4.98 Å². The van der Waals surface area contributed by atoms with Gasteiger partial charge in [-0.15, -0.1) is 0 Å². The summed E-state index contributed by atoms with van der Waals surface area (Å²) in [7, 11) is 2.01. The SMILES string of the molecule is CN[C@@H]1CCN(c2cc(CC3CC3)nc(N)n2)C1. The van der Waals surface area contributed by atoms with E-state index < -0.39 is 0 Å². The standard InChI is InChI=1S/C13H21N5/c1-15-10-4-5-18(8-10)12-7-11(6-9-2-3-9)16-13(14)17-12/h7,9-10,15H,2-6,8H2,1H3,(H2,14,16,17)/t10-/m1/s1. The van der Waals surface area contributed by atoms with Crippen molar-refractivity contribution in [1.82, 2.24) is 15.3 Å². The van der Waals surface area contributed by atoms with Crippen LogP contribution in [0.1, 0.15) is 25.0 Å². The smallest absolute Gasteiger partial charge is 0.222 e. The second-order valence-corrected chi connectivity index (χ2v) is 5.44. The Balaban J connectivity index is 1.76. The van der Waals surface area contributed by atoms with Crippen LogP contribution in [-0.4, -0.2) is 36.1 Å². The fourth-order valence-corrected chi connectivity index (χ4v) is 2.59. The van der Waals surface area contributed by atoms with E-state index in [2.05, 4.69) is 26.3 Å². The van der Waals surface area contributed by atoms with Crippen molar-refractivity contribution < 1.29 is 0 Å². The van der Waals surface area contributed by atoms with Crippen LogP contribution in [0, 0.1) is 5.92 Å². The molecule has 2 heterocycles. The molecule has 5 heteroatoms. The van der Waals surface area contributed by atoms with Gasteiger partial charge in [0, 0.05) is 30.9 Å². The average molecular weight is 247 g/mol. The molecule has 1 atom stereocenters. The summed E-state index contributed by atoms with van der Waals surface area (Å²) in [6.45, 7) is 2.06. The predicted molar refractivity (Wildman–Crippen MR) is 72.6 cm³/mol. The van der Waals surface area contributed by atoms with E-state index in [1.807, 2.05) is 7.05 Å². The quantitative estimate of drug-likeness (QED) is 0.824. The molecule has 1 aliphatic heterocycles. The van der Waals surface area contributed by atoms with E-state index in [0.29, 0.717) is 12.0 Å². The normalized spacial score (nSPS) is 23.6. The Morgan fingerprint density at radius 2 is 2.22 bits per heavy atom. The van der Waals surface area contributed by atoms with E-state index in [1.165, 1.54) is 19.3 Å². The van der Waals surface area contributed by atoms with Gasteiger partial charge in [-0.3, -0.25) is 0 Å². The average Bonchev–Trinajstić information content (AvgIpc) is 3.03. The molecule has 0 radical (unpaired) electrons. The third-order valence-corrected chi connectivity index (χ3v) is 3.90. The molecular weight excluding hydrogens is 226 g/mol. The van der Waals surface area contributed by atoms with E-state index >= 15 is 0 Å². The third kappa shape index (κ3) is 2.56. The summed E-state index contributed by atoms with van der Waals surface area (Å²) in [6.07, 6.45) is 4.90. The molecule has 0 amide bonds. The first-order valence-corrected chi connectivity index (χ1v) is 6.80. The molecule has 2 aliphatic rings. The van der Waals surface area contributed by atoms with Crippen molar-refractivity contribution in [2.24, 2.45) is 5.92 Å². The first-order chi connectivity index (χ1) is 8.74. The van der Waals surface area contributed by atoms with Crippen molar-refractivity contribution in [2.75, 3.05) is 30.8 Å². The Morgan fingerprint density at radius 3 is 2.89 bits per heavy atom. The van der Waals surface area contributed by atoms with Gasteiger partial charge in [0.25, 0.3) is 0 Å². The highest BCUT2D eigenvalue weighted by Gasteiger charge is 2.25. The summed E-state index contributed by atoms with van der Waals surface area (Å²) >= 11 is 0. The molecule has 0 aromatic carbocycles. The van der Waals surface area contributed by atoms with Crippen LogP contribution in [0.4, 0.5) is 11.8 Å². The summed E-state index contributed by atoms with van der Waals surface area (Å²) in [4.78, 5) is 11.0. The Morgan fingerprint density at radius 1 is 1.39 bits per heavy atom. The molecule has 1 saturated carbocycles. The molecule has 1 saturated heterocycles. The summed E-state index contributed by atoms with van der Waals surface area (Å²) < 4.78 is 0. The van der Waals surface area contributed by atoms with Gasteiger partial charge in [0.2, 0.25) is 5.95 Å². The van der Waals surface area contributed by atoms with Crippen LogP contribution in [-0.2, 0) is 6.42 Å². The highest BCUT2D eigenvalue weighted by molar-refractivity contribution is 5.45. The van der Waals surface area contributed by atoms with Crippen LogP contribution in [0.15, 0.2) is 6.07 Å². The molecule has 1 aromatic rings. The fourth-order valence-electron chi connectivity index (χ4n) is 2.59. The number of hydrogen-bond acceptors (Lipinski definition) is 5. The lowest BCUT2D eigenvalue weighted by Gasteiger charge is -2.18. The van der Waals surface area contributed by atoms with Crippen LogP contribution < -0.4 is 16.0 Å². The summed E-state index contributed by atoms with van der Waals surface area (Å²) in [5.41, 5.74) is 6.93. The van der Waals surface area contributed by atoms with Gasteiger partial charge < -0.3 is 16.0 Å². The number of nitrogen functional groups attached to an aromatic ring is 1. The van der Waals surface area contributed by atoms with E-state index in [0.717, 1.165) is 36.9 Å². The van der Waals surface area contributed by atoms with Crippen molar-refractivity contribution in [3.05, 3.63) is 11.8 Å². The van der Waals surface area contributed by atoms with Crippen LogP contribution in [0.3, 0.4) is 0 Å². The van der Waals surface area contributed by atoms with Gasteiger partial charge >= 0.3 is 0 Å². The van der Waals surface area contributed by atoms with E-state index in [1.54, 1.807) is 0 Å². The van der Waals surface area contributed by atoms with Crippen LogP contribution in [0.25, 0.3) is 0 Å². The molecular formula is C13H21N5. The highest BCUT2D eigenvalue weighted by Crippen LogP contribution is 2.33. The van der Waals surface area contributed by atoms with Gasteiger partial charge in [0.15, 0.2) is 0 Å². The fraction of sp³-hybridized carbons (Fsp3) is 0.692. The zero-order valence-electron chi connectivity index (χ0n) is 10.9. The number of nitrogens with one attached hydrogen (secondary N) is 1. The van der Waals surface area contributed by atoms with Gasteiger partial charge in [0.05, 0.1) is 0 Å². The number of hydrogen-bond donors (Lipinski definition) is 2. The lowest BCUT2D eigenvalue weighted by molar-refractivity contribution is 0.616. The highest BCUT2D eigenvalue weighted by atomic mass is 15.2. The first kappa shape index (κ1) is 11.7. The summed E-state index contributed by atoms with van der Waals surface area (Å²) in [6, 6.07) is 2.68. The van der Waals surface area contributed by atoms with Crippen molar-refractivity contribution >= 4 is 11.8 Å². The number of nitrogens with two attached hydrogens (primary N) is 1. The van der Waals surface area contributed by atoms with Gasteiger partial charge in [-0.05, 0) is 38.6 Å². The molecule has 98 valence electrons. The second kappa shape index (κ2) is 4.72. The van der Waals surface area contributed by atoms with Crippen LogP contribution in [0.2, 0.25) is 0 Å². The van der Waals surface area contributed by atoms with Crippen LogP contribution in [0.5, 0.6) is 0 Å². The Bertz CT molecular complexity index is 429. The van der Waals surface area contributed by atoms with Gasteiger partial charge in [-0.1, -0.05) is 0 Å². The minimum Gasteiger partial charge on any atom is -0.368 e. The minimum absolute atomic E-state index is 0.413. The maximum absolute atomic E-state index is 5.83.